The van der Waals surface area contributed by atoms with Crippen molar-refractivity contribution in [1.82, 2.24) is 9.80 Å². The SMILES string of the molecule is CC(c1ccc(Br)cc1Cl)N1CCCN(CC(=O)O)CC1. The molecule has 4 nitrogen and oxygen atoms in total. The van der Waals surface area contributed by atoms with Crippen molar-refractivity contribution in [3.63, 3.8) is 0 Å². The number of hydrogen-bond acceptors (Lipinski definition) is 3. The topological polar surface area (TPSA) is 43.8 Å². The molecule has 1 aromatic carbocycles. The molecule has 0 spiro atoms. The van der Waals surface area contributed by atoms with Crippen LogP contribution in [0.15, 0.2) is 22.7 Å². The van der Waals surface area contributed by atoms with Crippen LogP contribution in [0.25, 0.3) is 0 Å². The van der Waals surface area contributed by atoms with Crippen molar-refractivity contribution in [1.29, 1.82) is 0 Å². The highest BCUT2D eigenvalue weighted by atomic mass is 79.9. The molecule has 1 atom stereocenters. The van der Waals surface area contributed by atoms with Gasteiger partial charge in [-0.25, -0.2) is 0 Å². The van der Waals surface area contributed by atoms with Crippen LogP contribution in [0.5, 0.6) is 0 Å². The fraction of sp³-hybridized carbons (Fsp3) is 0.533. The van der Waals surface area contributed by atoms with Crippen LogP contribution in [0.3, 0.4) is 0 Å². The molecule has 1 unspecified atom stereocenters. The van der Waals surface area contributed by atoms with Crippen molar-refractivity contribution in [2.75, 3.05) is 32.7 Å². The van der Waals surface area contributed by atoms with E-state index in [1.54, 1.807) is 0 Å². The standard InChI is InChI=1S/C15H20BrClN2O2/c1-11(13-4-3-12(16)9-14(13)17)19-6-2-5-18(7-8-19)10-15(20)21/h3-4,9,11H,2,5-8,10H2,1H3,(H,20,21). The van der Waals surface area contributed by atoms with Crippen molar-refractivity contribution in [3.05, 3.63) is 33.3 Å². The maximum atomic E-state index is 10.8. The van der Waals surface area contributed by atoms with Gasteiger partial charge in [0.2, 0.25) is 0 Å². The van der Waals surface area contributed by atoms with Gasteiger partial charge in [-0.15, -0.1) is 0 Å². The first-order valence-corrected chi connectivity index (χ1v) is 8.27. The fourth-order valence-corrected chi connectivity index (χ4v) is 3.60. The van der Waals surface area contributed by atoms with Crippen LogP contribution >= 0.6 is 27.5 Å². The minimum absolute atomic E-state index is 0.126. The van der Waals surface area contributed by atoms with Gasteiger partial charge in [-0.2, -0.15) is 0 Å². The van der Waals surface area contributed by atoms with E-state index in [0.717, 1.165) is 47.7 Å². The lowest BCUT2D eigenvalue weighted by Gasteiger charge is -2.28. The molecule has 2 rings (SSSR count). The average Bonchev–Trinajstić information content (AvgIpc) is 2.63. The molecule has 1 heterocycles. The van der Waals surface area contributed by atoms with Crippen LogP contribution in [0, 0.1) is 0 Å². The largest absolute Gasteiger partial charge is 0.480 e. The lowest BCUT2D eigenvalue weighted by Crippen LogP contribution is -2.35. The van der Waals surface area contributed by atoms with Crippen molar-refractivity contribution < 1.29 is 9.90 Å². The number of hydrogen-bond donors (Lipinski definition) is 1. The minimum atomic E-state index is -0.757. The van der Waals surface area contributed by atoms with Gasteiger partial charge >= 0.3 is 5.97 Å². The van der Waals surface area contributed by atoms with Crippen LogP contribution in [0.2, 0.25) is 5.02 Å². The van der Waals surface area contributed by atoms with E-state index in [1.807, 2.05) is 17.0 Å². The zero-order valence-corrected chi connectivity index (χ0v) is 14.4. The summed E-state index contributed by atoms with van der Waals surface area (Å²) in [6.07, 6.45) is 0.978. The summed E-state index contributed by atoms with van der Waals surface area (Å²) < 4.78 is 0.979. The summed E-state index contributed by atoms with van der Waals surface area (Å²) in [5.41, 5.74) is 1.12. The summed E-state index contributed by atoms with van der Waals surface area (Å²) in [5.74, 6) is -0.757. The van der Waals surface area contributed by atoms with Gasteiger partial charge in [0.1, 0.15) is 0 Å². The zero-order valence-electron chi connectivity index (χ0n) is 12.1. The Bertz CT molecular complexity index is 512. The highest BCUT2D eigenvalue weighted by Gasteiger charge is 2.22. The summed E-state index contributed by atoms with van der Waals surface area (Å²) >= 11 is 9.76. The van der Waals surface area contributed by atoms with Crippen molar-refractivity contribution >= 4 is 33.5 Å². The Morgan fingerprint density at radius 3 is 2.81 bits per heavy atom. The van der Waals surface area contributed by atoms with Crippen molar-refractivity contribution in [2.24, 2.45) is 0 Å². The van der Waals surface area contributed by atoms with E-state index in [4.69, 9.17) is 16.7 Å². The molecule has 1 N–H and O–H groups in total. The number of carboxylic acids is 1. The minimum Gasteiger partial charge on any atom is -0.480 e. The van der Waals surface area contributed by atoms with E-state index in [0.29, 0.717) is 0 Å². The van der Waals surface area contributed by atoms with Gasteiger partial charge in [0.15, 0.2) is 0 Å². The first kappa shape index (κ1) is 16.7. The Labute approximate surface area is 138 Å². The number of halogens is 2. The molecule has 116 valence electrons. The number of carboxylic acid groups (broad SMARTS) is 1. The number of benzene rings is 1. The van der Waals surface area contributed by atoms with Gasteiger partial charge in [0, 0.05) is 41.7 Å². The first-order valence-electron chi connectivity index (χ1n) is 7.10. The third-order valence-electron chi connectivity index (χ3n) is 3.94. The highest BCUT2D eigenvalue weighted by molar-refractivity contribution is 9.10. The summed E-state index contributed by atoms with van der Waals surface area (Å²) in [4.78, 5) is 15.2. The number of carbonyl (C=O) groups is 1. The molecule has 0 bridgehead atoms. The normalized spacial score (nSPS) is 19.2. The molecule has 1 aromatic rings. The highest BCUT2D eigenvalue weighted by Crippen LogP contribution is 2.30. The Kier molecular flexibility index (Phi) is 6.05. The summed E-state index contributed by atoms with van der Waals surface area (Å²) in [5, 5.41) is 9.66. The summed E-state index contributed by atoms with van der Waals surface area (Å²) in [6.45, 7) is 5.72. The second kappa shape index (κ2) is 7.58. The van der Waals surface area contributed by atoms with Gasteiger partial charge < -0.3 is 5.11 Å². The molecule has 1 saturated heterocycles. The molecule has 21 heavy (non-hydrogen) atoms. The predicted octanol–water partition coefficient (Wildman–Crippen LogP) is 3.26. The molecular formula is C15H20BrClN2O2. The fourth-order valence-electron chi connectivity index (χ4n) is 2.76. The van der Waals surface area contributed by atoms with E-state index < -0.39 is 5.97 Å². The lowest BCUT2D eigenvalue weighted by molar-refractivity contribution is -0.138. The smallest absolute Gasteiger partial charge is 0.317 e. The summed E-state index contributed by atoms with van der Waals surface area (Å²) in [6, 6.07) is 6.21. The number of rotatable bonds is 4. The molecule has 1 aliphatic rings. The van der Waals surface area contributed by atoms with Gasteiger partial charge in [-0.3, -0.25) is 14.6 Å². The zero-order chi connectivity index (χ0) is 15.4. The van der Waals surface area contributed by atoms with Crippen LogP contribution in [-0.4, -0.2) is 53.6 Å². The monoisotopic (exact) mass is 374 g/mol. The average molecular weight is 376 g/mol. The second-order valence-corrected chi connectivity index (χ2v) is 6.72. The van der Waals surface area contributed by atoms with E-state index in [-0.39, 0.29) is 12.6 Å². The maximum absolute atomic E-state index is 10.8. The molecule has 0 radical (unpaired) electrons. The Hall–Kier alpha value is -0.620. The van der Waals surface area contributed by atoms with Crippen LogP contribution < -0.4 is 0 Å². The van der Waals surface area contributed by atoms with E-state index in [9.17, 15) is 4.79 Å². The second-order valence-electron chi connectivity index (χ2n) is 5.40. The number of aliphatic carboxylic acids is 1. The molecule has 0 aliphatic carbocycles. The van der Waals surface area contributed by atoms with Crippen molar-refractivity contribution in [2.45, 2.75) is 19.4 Å². The molecule has 0 amide bonds. The molecule has 0 aromatic heterocycles. The van der Waals surface area contributed by atoms with Gasteiger partial charge in [-0.1, -0.05) is 33.6 Å². The third-order valence-corrected chi connectivity index (χ3v) is 4.76. The molecule has 1 aliphatic heterocycles. The molecule has 6 heteroatoms. The quantitative estimate of drug-likeness (QED) is 0.877. The van der Waals surface area contributed by atoms with E-state index >= 15 is 0 Å². The summed E-state index contributed by atoms with van der Waals surface area (Å²) in [7, 11) is 0. The van der Waals surface area contributed by atoms with Crippen LogP contribution in [0.4, 0.5) is 0 Å². The number of nitrogens with zero attached hydrogens (tertiary/aromatic N) is 2. The lowest BCUT2D eigenvalue weighted by atomic mass is 10.1. The molecular weight excluding hydrogens is 356 g/mol. The molecule has 1 fully saturated rings. The Morgan fingerprint density at radius 2 is 2.14 bits per heavy atom. The van der Waals surface area contributed by atoms with E-state index in [2.05, 4.69) is 33.8 Å². The first-order chi connectivity index (χ1) is 9.97. The maximum Gasteiger partial charge on any atom is 0.317 e. The van der Waals surface area contributed by atoms with E-state index in [1.165, 1.54) is 0 Å². The van der Waals surface area contributed by atoms with Crippen LogP contribution in [-0.2, 0) is 4.79 Å². The van der Waals surface area contributed by atoms with Crippen LogP contribution in [0.1, 0.15) is 24.9 Å². The Morgan fingerprint density at radius 1 is 1.38 bits per heavy atom. The van der Waals surface area contributed by atoms with Gasteiger partial charge in [-0.05, 0) is 31.0 Å². The Balaban J connectivity index is 2.02. The van der Waals surface area contributed by atoms with Gasteiger partial charge in [0.25, 0.3) is 0 Å². The third kappa shape index (κ3) is 4.68. The molecule has 0 saturated carbocycles. The van der Waals surface area contributed by atoms with Gasteiger partial charge in [0.05, 0.1) is 6.54 Å². The van der Waals surface area contributed by atoms with Crippen molar-refractivity contribution in [3.8, 4) is 0 Å². The predicted molar refractivity (Wildman–Crippen MR) is 87.8 cm³/mol.